The monoisotopic (exact) mass is 436 g/mol. The summed E-state index contributed by atoms with van der Waals surface area (Å²) in [6, 6.07) is 18.2. The predicted molar refractivity (Wildman–Crippen MR) is 117 cm³/mol. The van der Waals surface area contributed by atoms with Gasteiger partial charge in [0.1, 0.15) is 6.61 Å². The molecule has 2 aromatic rings. The normalized spacial score (nSPS) is 22.1. The molecular formula is C25H28N2O5. The molecule has 7 nitrogen and oxygen atoms in total. The Hall–Kier alpha value is -3.19. The third-order valence-electron chi connectivity index (χ3n) is 6.21. The molecule has 2 aliphatic rings. The van der Waals surface area contributed by atoms with E-state index < -0.39 is 23.5 Å². The molecule has 2 saturated heterocycles. The largest absolute Gasteiger partial charge is 0.459 e. The van der Waals surface area contributed by atoms with Gasteiger partial charge in [0.2, 0.25) is 11.8 Å². The molecular weight excluding hydrogens is 408 g/mol. The van der Waals surface area contributed by atoms with Crippen LogP contribution in [0.4, 0.5) is 0 Å². The summed E-state index contributed by atoms with van der Waals surface area (Å²) in [7, 11) is 0. The molecule has 2 aromatic carbocycles. The van der Waals surface area contributed by atoms with Crippen LogP contribution in [0.15, 0.2) is 60.7 Å². The number of amides is 2. The molecule has 32 heavy (non-hydrogen) atoms. The topological polar surface area (TPSA) is 84.9 Å². The van der Waals surface area contributed by atoms with E-state index >= 15 is 0 Å². The van der Waals surface area contributed by atoms with Gasteiger partial charge in [-0.25, -0.2) is 4.79 Å². The summed E-state index contributed by atoms with van der Waals surface area (Å²) in [4.78, 5) is 39.7. The van der Waals surface area contributed by atoms with Crippen molar-refractivity contribution >= 4 is 17.8 Å². The molecule has 0 radical (unpaired) electrons. The Morgan fingerprint density at radius 1 is 1.03 bits per heavy atom. The number of hydrogen-bond donors (Lipinski definition) is 1. The summed E-state index contributed by atoms with van der Waals surface area (Å²) in [5, 5.41) is 2.77. The molecule has 1 spiro atoms. The molecule has 7 heteroatoms. The molecule has 2 fully saturated rings. The number of esters is 1. The second kappa shape index (κ2) is 9.53. The lowest BCUT2D eigenvalue weighted by Crippen LogP contribution is -2.70. The molecule has 1 N–H and O–H groups in total. The van der Waals surface area contributed by atoms with E-state index in [4.69, 9.17) is 9.47 Å². The number of piperidine rings is 1. The Balaban J connectivity index is 1.46. The van der Waals surface area contributed by atoms with E-state index in [1.807, 2.05) is 60.7 Å². The van der Waals surface area contributed by atoms with Crippen LogP contribution >= 0.6 is 0 Å². The number of likely N-dealkylation sites (tertiary alicyclic amines) is 1. The molecule has 0 aliphatic carbocycles. The number of rotatable bonds is 8. The zero-order chi connectivity index (χ0) is 22.6. The number of ether oxygens (including phenoxy) is 2. The van der Waals surface area contributed by atoms with Crippen molar-refractivity contribution in [3.8, 4) is 0 Å². The Bertz CT molecular complexity index is 965. The van der Waals surface area contributed by atoms with Gasteiger partial charge in [-0.15, -0.1) is 0 Å². The van der Waals surface area contributed by atoms with Gasteiger partial charge in [0, 0.05) is 19.5 Å². The number of nitrogens with zero attached hydrogens (tertiary/aromatic N) is 1. The van der Waals surface area contributed by atoms with Crippen LogP contribution in [0.25, 0.3) is 0 Å². The van der Waals surface area contributed by atoms with Gasteiger partial charge >= 0.3 is 5.97 Å². The first-order valence-corrected chi connectivity index (χ1v) is 10.9. The number of hydrogen-bond acceptors (Lipinski definition) is 5. The smallest absolute Gasteiger partial charge is 0.331 e. The summed E-state index contributed by atoms with van der Waals surface area (Å²) < 4.78 is 11.6. The first-order chi connectivity index (χ1) is 15.5. The quantitative estimate of drug-likeness (QED) is 0.508. The Labute approximate surface area is 187 Å². The van der Waals surface area contributed by atoms with Gasteiger partial charge in [0.05, 0.1) is 18.1 Å². The number of nitrogens with one attached hydrogen (secondary N) is 1. The van der Waals surface area contributed by atoms with E-state index in [0.717, 1.165) is 11.1 Å². The summed E-state index contributed by atoms with van der Waals surface area (Å²) in [5.41, 5.74) is 1.14. The van der Waals surface area contributed by atoms with Crippen LogP contribution in [-0.2, 0) is 37.1 Å². The lowest BCUT2D eigenvalue weighted by Gasteiger charge is -2.53. The standard InChI is InChI=1S/C25H28N2O5/c1-18(31-15-19-8-4-2-5-9-19)22(23(29)32-16-20-10-6-3-7-11-20)27-17-25(24(27)30)12-13-26-21(28)14-25/h2-11,18,22H,12-17H2,1H3,(H,26,28)/t18-,22+,25?/m1/s1. The fourth-order valence-corrected chi connectivity index (χ4v) is 4.40. The van der Waals surface area contributed by atoms with E-state index in [0.29, 0.717) is 26.1 Å². The van der Waals surface area contributed by atoms with E-state index in [2.05, 4.69) is 5.32 Å². The van der Waals surface area contributed by atoms with Crippen molar-refractivity contribution in [1.82, 2.24) is 10.2 Å². The molecule has 168 valence electrons. The summed E-state index contributed by atoms with van der Waals surface area (Å²) in [6.07, 6.45) is 0.170. The lowest BCUT2D eigenvalue weighted by molar-refractivity contribution is -0.185. The highest BCUT2D eigenvalue weighted by Crippen LogP contribution is 2.42. The molecule has 2 amide bonds. The fraction of sp³-hybridized carbons (Fsp3) is 0.400. The van der Waals surface area contributed by atoms with Crippen molar-refractivity contribution in [2.24, 2.45) is 5.41 Å². The highest BCUT2D eigenvalue weighted by Gasteiger charge is 2.58. The van der Waals surface area contributed by atoms with Crippen LogP contribution in [0.5, 0.6) is 0 Å². The maximum atomic E-state index is 13.2. The fourth-order valence-electron chi connectivity index (χ4n) is 4.40. The molecule has 0 saturated carbocycles. The molecule has 1 unspecified atom stereocenters. The molecule has 2 heterocycles. The van der Waals surface area contributed by atoms with Crippen LogP contribution in [0, 0.1) is 5.41 Å². The Kier molecular flexibility index (Phi) is 6.55. The van der Waals surface area contributed by atoms with Crippen LogP contribution in [0.1, 0.15) is 30.9 Å². The molecule has 0 bridgehead atoms. The maximum absolute atomic E-state index is 13.2. The van der Waals surface area contributed by atoms with Crippen molar-refractivity contribution in [1.29, 1.82) is 0 Å². The van der Waals surface area contributed by atoms with Crippen molar-refractivity contribution in [2.75, 3.05) is 13.1 Å². The second-order valence-electron chi connectivity index (χ2n) is 8.53. The Morgan fingerprint density at radius 2 is 1.66 bits per heavy atom. The van der Waals surface area contributed by atoms with Gasteiger partial charge in [-0.05, 0) is 24.5 Å². The summed E-state index contributed by atoms with van der Waals surface area (Å²) in [6.45, 7) is 3.05. The van der Waals surface area contributed by atoms with E-state index in [9.17, 15) is 14.4 Å². The summed E-state index contributed by atoms with van der Waals surface area (Å²) >= 11 is 0. The van der Waals surface area contributed by atoms with Gasteiger partial charge < -0.3 is 19.7 Å². The van der Waals surface area contributed by atoms with E-state index in [1.54, 1.807) is 6.92 Å². The third-order valence-corrected chi connectivity index (χ3v) is 6.21. The van der Waals surface area contributed by atoms with Gasteiger partial charge in [-0.3, -0.25) is 9.59 Å². The minimum absolute atomic E-state index is 0.122. The van der Waals surface area contributed by atoms with Crippen LogP contribution < -0.4 is 5.32 Å². The van der Waals surface area contributed by atoms with Crippen LogP contribution in [-0.4, -0.2) is 47.9 Å². The van der Waals surface area contributed by atoms with Crippen molar-refractivity contribution in [3.05, 3.63) is 71.8 Å². The number of β-lactam (4-membered cyclic amide) rings is 1. The third kappa shape index (κ3) is 4.67. The number of carbonyl (C=O) groups is 3. The first kappa shape index (κ1) is 22.0. The van der Waals surface area contributed by atoms with E-state index in [1.165, 1.54) is 4.90 Å². The highest BCUT2D eigenvalue weighted by molar-refractivity contribution is 5.97. The number of carbonyl (C=O) groups excluding carboxylic acids is 3. The average Bonchev–Trinajstić information content (AvgIpc) is 2.82. The average molecular weight is 437 g/mol. The van der Waals surface area contributed by atoms with Gasteiger partial charge in [0.25, 0.3) is 0 Å². The molecule has 2 aliphatic heterocycles. The highest BCUT2D eigenvalue weighted by atomic mass is 16.5. The summed E-state index contributed by atoms with van der Waals surface area (Å²) in [5.74, 6) is -0.803. The van der Waals surface area contributed by atoms with Gasteiger partial charge in [-0.2, -0.15) is 0 Å². The molecule has 4 rings (SSSR count). The van der Waals surface area contributed by atoms with Gasteiger partial charge in [0.15, 0.2) is 6.04 Å². The minimum Gasteiger partial charge on any atom is -0.459 e. The van der Waals surface area contributed by atoms with Gasteiger partial charge in [-0.1, -0.05) is 60.7 Å². The van der Waals surface area contributed by atoms with Crippen molar-refractivity contribution in [2.45, 2.75) is 45.1 Å². The first-order valence-electron chi connectivity index (χ1n) is 10.9. The lowest BCUT2D eigenvalue weighted by atomic mass is 9.70. The zero-order valence-corrected chi connectivity index (χ0v) is 18.2. The predicted octanol–water partition coefficient (Wildman–Crippen LogP) is 2.44. The van der Waals surface area contributed by atoms with Crippen molar-refractivity contribution < 1.29 is 23.9 Å². The SMILES string of the molecule is C[C@@H](OCc1ccccc1)[C@@H](C(=O)OCc1ccccc1)N1CC2(CCNC(=O)C2)C1=O. The van der Waals surface area contributed by atoms with Crippen LogP contribution in [0.2, 0.25) is 0 Å². The zero-order valence-electron chi connectivity index (χ0n) is 18.2. The van der Waals surface area contributed by atoms with Crippen LogP contribution in [0.3, 0.4) is 0 Å². The maximum Gasteiger partial charge on any atom is 0.331 e. The Morgan fingerprint density at radius 3 is 2.25 bits per heavy atom. The number of benzene rings is 2. The molecule has 3 atom stereocenters. The minimum atomic E-state index is -0.870. The second-order valence-corrected chi connectivity index (χ2v) is 8.53. The molecule has 0 aromatic heterocycles. The van der Waals surface area contributed by atoms with E-state index in [-0.39, 0.29) is 24.8 Å². The van der Waals surface area contributed by atoms with Crippen molar-refractivity contribution in [3.63, 3.8) is 0 Å².